The van der Waals surface area contributed by atoms with E-state index in [-0.39, 0.29) is 11.6 Å². The number of rotatable bonds is 10. The minimum Gasteiger partial charge on any atom is -0.374 e. The zero-order chi connectivity index (χ0) is 15.9. The summed E-state index contributed by atoms with van der Waals surface area (Å²) in [5.74, 6) is -0.632. The molecule has 5 nitrogen and oxygen atoms in total. The topological polar surface area (TPSA) is 61.8 Å². The van der Waals surface area contributed by atoms with E-state index in [1.807, 2.05) is 20.8 Å². The number of carbonyl (C=O) groups is 2. The van der Waals surface area contributed by atoms with Crippen molar-refractivity contribution in [3.8, 4) is 0 Å². The lowest BCUT2D eigenvalue weighted by Crippen LogP contribution is -2.46. The molecule has 1 rings (SSSR count). The van der Waals surface area contributed by atoms with Gasteiger partial charge in [0.05, 0.1) is 5.92 Å². The molecule has 0 heterocycles. The lowest BCUT2D eigenvalue weighted by molar-refractivity contribution is -0.126. The molecular weight excluding hydrogens is 288 g/mol. The van der Waals surface area contributed by atoms with Gasteiger partial charge in [-0.1, -0.05) is 0 Å². The summed E-state index contributed by atoms with van der Waals surface area (Å²) < 4.78 is 17.3. The van der Waals surface area contributed by atoms with Crippen LogP contribution < -0.4 is 0 Å². The van der Waals surface area contributed by atoms with Gasteiger partial charge in [0, 0.05) is 25.9 Å². The van der Waals surface area contributed by atoms with Crippen molar-refractivity contribution >= 4 is 20.4 Å². The minimum absolute atomic E-state index is 0.0449. The Labute approximate surface area is 128 Å². The molecule has 0 aromatic heterocycles. The molecule has 0 aromatic carbocycles. The molecule has 0 fully saturated rings. The molecule has 0 N–H and O–H groups in total. The highest BCUT2D eigenvalue weighted by atomic mass is 28.4. The van der Waals surface area contributed by atoms with Gasteiger partial charge in [0.25, 0.3) is 0 Å². The molecular formula is C15H26O5Si. The number of Topliss-reactive ketones (excluding diaryl/α,β-unsaturated/α-hetero) is 1. The maximum atomic E-state index is 11.9. The van der Waals surface area contributed by atoms with Crippen LogP contribution in [0.5, 0.6) is 0 Å². The van der Waals surface area contributed by atoms with E-state index in [0.29, 0.717) is 44.3 Å². The molecule has 0 spiro atoms. The highest BCUT2D eigenvalue weighted by Crippen LogP contribution is 2.26. The first-order chi connectivity index (χ1) is 9.99. The quantitative estimate of drug-likeness (QED) is 0.458. The van der Waals surface area contributed by atoms with Crippen LogP contribution in [0, 0.1) is 5.92 Å². The van der Waals surface area contributed by atoms with Crippen molar-refractivity contribution in [1.82, 2.24) is 0 Å². The van der Waals surface area contributed by atoms with E-state index >= 15 is 0 Å². The molecule has 6 heteroatoms. The second-order valence-corrected chi connectivity index (χ2v) is 7.75. The van der Waals surface area contributed by atoms with Gasteiger partial charge in [0.2, 0.25) is 0 Å². The number of allylic oxidation sites excluding steroid dienone is 2. The Morgan fingerprint density at radius 1 is 1.05 bits per heavy atom. The van der Waals surface area contributed by atoms with Gasteiger partial charge in [-0.3, -0.25) is 9.59 Å². The van der Waals surface area contributed by atoms with Crippen molar-refractivity contribution in [3.05, 3.63) is 11.6 Å². The monoisotopic (exact) mass is 314 g/mol. The van der Waals surface area contributed by atoms with Crippen LogP contribution in [0.4, 0.5) is 0 Å². The van der Waals surface area contributed by atoms with Gasteiger partial charge in [-0.05, 0) is 52.2 Å². The highest BCUT2D eigenvalue weighted by molar-refractivity contribution is 6.60. The molecule has 120 valence electrons. The molecule has 1 unspecified atom stereocenters. The van der Waals surface area contributed by atoms with E-state index in [1.165, 1.54) is 6.08 Å². The smallest absolute Gasteiger partial charge is 0.374 e. The van der Waals surface area contributed by atoms with Crippen molar-refractivity contribution in [2.75, 3.05) is 19.8 Å². The molecule has 1 atom stereocenters. The van der Waals surface area contributed by atoms with E-state index in [4.69, 9.17) is 13.3 Å². The SMILES string of the molecule is CCO[Si](CCCC1C(=O)C=C(C)C1=O)(OCC)OCC. The summed E-state index contributed by atoms with van der Waals surface area (Å²) in [6.45, 7) is 9.04. The van der Waals surface area contributed by atoms with Crippen LogP contribution in [0.3, 0.4) is 0 Å². The van der Waals surface area contributed by atoms with Crippen molar-refractivity contribution in [3.63, 3.8) is 0 Å². The molecule has 0 amide bonds. The lowest BCUT2D eigenvalue weighted by Gasteiger charge is -2.28. The van der Waals surface area contributed by atoms with E-state index in [2.05, 4.69) is 0 Å². The van der Waals surface area contributed by atoms with Crippen LogP contribution in [0.25, 0.3) is 0 Å². The minimum atomic E-state index is -2.67. The van der Waals surface area contributed by atoms with Gasteiger partial charge in [0.15, 0.2) is 11.6 Å². The molecule has 0 radical (unpaired) electrons. The predicted molar refractivity (Wildman–Crippen MR) is 81.9 cm³/mol. The van der Waals surface area contributed by atoms with Gasteiger partial charge in [-0.2, -0.15) is 0 Å². The number of hydrogen-bond donors (Lipinski definition) is 0. The van der Waals surface area contributed by atoms with Crippen molar-refractivity contribution in [1.29, 1.82) is 0 Å². The third-order valence-corrected chi connectivity index (χ3v) is 6.63. The van der Waals surface area contributed by atoms with Crippen LogP contribution >= 0.6 is 0 Å². The second-order valence-electron chi connectivity index (χ2n) is 5.02. The molecule has 1 aliphatic rings. The van der Waals surface area contributed by atoms with Crippen LogP contribution in [0.1, 0.15) is 40.5 Å². The van der Waals surface area contributed by atoms with Gasteiger partial charge < -0.3 is 13.3 Å². The lowest BCUT2D eigenvalue weighted by atomic mass is 9.98. The first-order valence-electron chi connectivity index (χ1n) is 7.67. The summed E-state index contributed by atoms with van der Waals surface area (Å²) in [6.07, 6.45) is 2.67. The Bertz CT molecular complexity index is 388. The fourth-order valence-corrected chi connectivity index (χ4v) is 5.23. The van der Waals surface area contributed by atoms with Crippen LogP contribution in [0.15, 0.2) is 11.6 Å². The molecule has 1 aliphatic carbocycles. The van der Waals surface area contributed by atoms with Gasteiger partial charge in [-0.15, -0.1) is 0 Å². The van der Waals surface area contributed by atoms with E-state index in [0.717, 1.165) is 0 Å². The maximum absolute atomic E-state index is 11.9. The van der Waals surface area contributed by atoms with E-state index in [9.17, 15) is 9.59 Å². The summed E-state index contributed by atoms with van der Waals surface area (Å²) in [5.41, 5.74) is 0.563. The Hall–Kier alpha value is -0.823. The highest BCUT2D eigenvalue weighted by Gasteiger charge is 2.41. The Balaban J connectivity index is 2.57. The summed E-state index contributed by atoms with van der Waals surface area (Å²) in [7, 11) is -2.67. The molecule has 0 aromatic rings. The molecule has 0 saturated heterocycles. The normalized spacial score (nSPS) is 19.2. The van der Waals surface area contributed by atoms with Crippen molar-refractivity contribution < 1.29 is 22.9 Å². The molecule has 0 saturated carbocycles. The number of ketones is 2. The van der Waals surface area contributed by atoms with Gasteiger partial charge in [0.1, 0.15) is 0 Å². The maximum Gasteiger partial charge on any atom is 0.500 e. The molecule has 0 aliphatic heterocycles. The third kappa shape index (κ3) is 4.84. The van der Waals surface area contributed by atoms with Crippen molar-refractivity contribution in [2.45, 2.75) is 46.6 Å². The first-order valence-corrected chi connectivity index (χ1v) is 9.61. The van der Waals surface area contributed by atoms with E-state index in [1.54, 1.807) is 6.92 Å². The van der Waals surface area contributed by atoms with Crippen molar-refractivity contribution in [2.24, 2.45) is 5.92 Å². The first kappa shape index (κ1) is 18.2. The standard InChI is InChI=1S/C15H26O5Si/c1-5-18-21(19-6-2,20-7-3)10-8-9-13-14(16)11-12(4)15(13)17/h11,13H,5-10H2,1-4H3. The van der Waals surface area contributed by atoms with Gasteiger partial charge in [-0.25, -0.2) is 0 Å². The van der Waals surface area contributed by atoms with Crippen LogP contribution in [-0.4, -0.2) is 40.2 Å². The fraction of sp³-hybridized carbons (Fsp3) is 0.733. The van der Waals surface area contributed by atoms with Crippen LogP contribution in [-0.2, 0) is 22.9 Å². The molecule has 0 bridgehead atoms. The summed E-state index contributed by atoms with van der Waals surface area (Å²) in [6, 6.07) is 0.638. The predicted octanol–water partition coefficient (Wildman–Crippen LogP) is 2.53. The Kier molecular flexibility index (Phi) is 7.45. The molecule has 21 heavy (non-hydrogen) atoms. The zero-order valence-electron chi connectivity index (χ0n) is 13.4. The number of carbonyl (C=O) groups excluding carboxylic acids is 2. The van der Waals surface area contributed by atoms with Gasteiger partial charge >= 0.3 is 8.80 Å². The largest absolute Gasteiger partial charge is 0.500 e. The van der Waals surface area contributed by atoms with Crippen LogP contribution in [0.2, 0.25) is 6.04 Å². The summed E-state index contributed by atoms with van der Waals surface area (Å²) in [5, 5.41) is 0. The Morgan fingerprint density at radius 3 is 1.95 bits per heavy atom. The average Bonchev–Trinajstić information content (AvgIpc) is 2.66. The third-order valence-electron chi connectivity index (χ3n) is 3.48. The number of hydrogen-bond acceptors (Lipinski definition) is 5. The fourth-order valence-electron chi connectivity index (χ4n) is 2.59. The Morgan fingerprint density at radius 2 is 1.57 bits per heavy atom. The van der Waals surface area contributed by atoms with E-state index < -0.39 is 14.7 Å². The second kappa shape index (κ2) is 8.58. The average molecular weight is 314 g/mol. The summed E-state index contributed by atoms with van der Waals surface area (Å²) >= 11 is 0. The summed E-state index contributed by atoms with van der Waals surface area (Å²) in [4.78, 5) is 23.6. The zero-order valence-corrected chi connectivity index (χ0v) is 14.4.